The topological polar surface area (TPSA) is 254 Å². The lowest BCUT2D eigenvalue weighted by Gasteiger charge is -2.24. The fourth-order valence-electron chi connectivity index (χ4n) is 3.04. The molecule has 1 fully saturated rings. The molecule has 1 rings (SSSR count). The van der Waals surface area contributed by atoms with Crippen molar-refractivity contribution in [2.45, 2.75) is 62.7 Å². The Morgan fingerprint density at radius 2 is 1.42 bits per heavy atom. The Morgan fingerprint density at radius 1 is 0.848 bits per heavy atom. The summed E-state index contributed by atoms with van der Waals surface area (Å²) in [6, 6.07) is -5.55. The molecule has 184 valence electrons. The van der Waals surface area contributed by atoms with Crippen LogP contribution in [-0.2, 0) is 33.6 Å². The van der Waals surface area contributed by atoms with Gasteiger partial charge in [0.05, 0.1) is 18.9 Å². The van der Waals surface area contributed by atoms with Gasteiger partial charge < -0.3 is 42.3 Å². The van der Waals surface area contributed by atoms with Gasteiger partial charge in [-0.3, -0.25) is 28.8 Å². The predicted octanol–water partition coefficient (Wildman–Crippen LogP) is -3.51. The number of carbonyl (C=O) groups excluding carboxylic acids is 4. The number of hydrogen-bond donors (Lipinski definition) is 8. The molecule has 9 N–H and O–H groups in total. The third-order valence-corrected chi connectivity index (χ3v) is 4.69. The molecule has 1 aliphatic heterocycles. The van der Waals surface area contributed by atoms with Crippen molar-refractivity contribution in [3.8, 4) is 0 Å². The van der Waals surface area contributed by atoms with E-state index in [0.717, 1.165) is 0 Å². The fourth-order valence-corrected chi connectivity index (χ4v) is 3.04. The predicted molar refractivity (Wildman–Crippen MR) is 107 cm³/mol. The van der Waals surface area contributed by atoms with Crippen LogP contribution in [0.15, 0.2) is 0 Å². The number of nitrogens with two attached hydrogens (primary N) is 1. The molecule has 4 amide bonds. The van der Waals surface area contributed by atoms with Crippen LogP contribution < -0.4 is 27.0 Å². The summed E-state index contributed by atoms with van der Waals surface area (Å²) in [6.07, 6.45) is -1.45. The summed E-state index contributed by atoms with van der Waals surface area (Å²) in [5.41, 5.74) is 5.08. The summed E-state index contributed by atoms with van der Waals surface area (Å²) in [5, 5.41) is 36.2. The Balaban J connectivity index is 2.93. The molecule has 15 nitrogen and oxygen atoms in total. The van der Waals surface area contributed by atoms with Crippen LogP contribution in [0.4, 0.5) is 0 Å². The van der Waals surface area contributed by atoms with Gasteiger partial charge in [-0.2, -0.15) is 0 Å². The summed E-state index contributed by atoms with van der Waals surface area (Å²) in [7, 11) is 0. The zero-order valence-corrected chi connectivity index (χ0v) is 17.5. The maximum Gasteiger partial charge on any atom is 0.326 e. The van der Waals surface area contributed by atoms with Crippen molar-refractivity contribution < 1.29 is 48.9 Å². The van der Waals surface area contributed by atoms with Crippen LogP contribution in [0.5, 0.6) is 0 Å². The van der Waals surface area contributed by atoms with Crippen LogP contribution in [0.1, 0.15) is 38.5 Å². The van der Waals surface area contributed by atoms with E-state index in [1.807, 2.05) is 5.32 Å². The number of nitrogens with one attached hydrogen (secondary N) is 4. The second-order valence-corrected chi connectivity index (χ2v) is 7.37. The minimum Gasteiger partial charge on any atom is -0.481 e. The zero-order valence-electron chi connectivity index (χ0n) is 17.5. The van der Waals surface area contributed by atoms with Gasteiger partial charge in [-0.15, -0.1) is 0 Å². The molecule has 1 saturated heterocycles. The number of rotatable bonds is 14. The van der Waals surface area contributed by atoms with E-state index in [1.54, 1.807) is 0 Å². The van der Waals surface area contributed by atoms with E-state index in [0.29, 0.717) is 19.4 Å². The van der Waals surface area contributed by atoms with Crippen LogP contribution in [0.3, 0.4) is 0 Å². The Kier molecular flexibility index (Phi) is 10.7. The second-order valence-electron chi connectivity index (χ2n) is 7.37. The van der Waals surface area contributed by atoms with Crippen LogP contribution >= 0.6 is 0 Å². The molecular formula is C18H27N5O10. The third-order valence-electron chi connectivity index (χ3n) is 4.69. The lowest BCUT2D eigenvalue weighted by Crippen LogP contribution is -2.58. The van der Waals surface area contributed by atoms with Crippen molar-refractivity contribution in [2.24, 2.45) is 5.73 Å². The molecule has 0 aliphatic carbocycles. The average Bonchev–Trinajstić information content (AvgIpc) is 3.23. The highest BCUT2D eigenvalue weighted by molar-refractivity contribution is 5.97. The summed E-state index contributed by atoms with van der Waals surface area (Å²) >= 11 is 0. The number of carboxylic acids is 3. The standard InChI is InChI=1S/C18H27N5O10/c19-12(24)6-10(16(30)21-9(18(32)33)3-4-13(25)26)22-17(31)11(7-14(27)28)23-15(29)8-2-1-5-20-8/h8-11,20H,1-7H2,(H2,19,24)(H,21,30)(H,22,31)(H,23,29)(H,25,26)(H,27,28)(H,32,33). The first kappa shape index (κ1) is 27.3. The molecule has 0 bridgehead atoms. The molecule has 4 unspecified atom stereocenters. The Hall–Kier alpha value is -3.75. The minimum atomic E-state index is -1.69. The minimum absolute atomic E-state index is 0.472. The molecule has 0 aromatic carbocycles. The van der Waals surface area contributed by atoms with Gasteiger partial charge in [0, 0.05) is 6.42 Å². The maximum atomic E-state index is 12.6. The molecule has 4 atom stereocenters. The molecule has 1 aliphatic rings. The lowest BCUT2D eigenvalue weighted by atomic mass is 10.1. The normalized spacial score (nSPS) is 17.8. The molecule has 0 spiro atoms. The summed E-state index contributed by atoms with van der Waals surface area (Å²) in [4.78, 5) is 81.9. The zero-order chi connectivity index (χ0) is 25.1. The summed E-state index contributed by atoms with van der Waals surface area (Å²) < 4.78 is 0. The van der Waals surface area contributed by atoms with Crippen LogP contribution in [-0.4, -0.2) is 87.6 Å². The van der Waals surface area contributed by atoms with E-state index in [9.17, 15) is 33.6 Å². The van der Waals surface area contributed by atoms with Gasteiger partial charge in [0.15, 0.2) is 0 Å². The number of aliphatic carboxylic acids is 3. The van der Waals surface area contributed by atoms with E-state index in [1.165, 1.54) is 0 Å². The molecule has 0 radical (unpaired) electrons. The van der Waals surface area contributed by atoms with Crippen molar-refractivity contribution in [1.29, 1.82) is 0 Å². The first-order valence-corrected chi connectivity index (χ1v) is 9.99. The Morgan fingerprint density at radius 3 is 1.88 bits per heavy atom. The van der Waals surface area contributed by atoms with Gasteiger partial charge in [-0.05, 0) is 25.8 Å². The van der Waals surface area contributed by atoms with Crippen molar-refractivity contribution in [1.82, 2.24) is 21.3 Å². The third kappa shape index (κ3) is 9.94. The molecule has 15 heteroatoms. The monoisotopic (exact) mass is 473 g/mol. The van der Waals surface area contributed by atoms with Crippen molar-refractivity contribution in [2.75, 3.05) is 6.54 Å². The number of hydrogen-bond acceptors (Lipinski definition) is 8. The maximum absolute atomic E-state index is 12.6. The second kappa shape index (κ2) is 12.9. The average molecular weight is 473 g/mol. The van der Waals surface area contributed by atoms with Crippen LogP contribution in [0, 0.1) is 0 Å². The van der Waals surface area contributed by atoms with Crippen molar-refractivity contribution in [3.05, 3.63) is 0 Å². The number of primary amides is 1. The molecule has 0 saturated carbocycles. The first-order chi connectivity index (χ1) is 15.4. The van der Waals surface area contributed by atoms with E-state index in [-0.39, 0.29) is 0 Å². The number of carbonyl (C=O) groups is 7. The lowest BCUT2D eigenvalue weighted by molar-refractivity contribution is -0.144. The van der Waals surface area contributed by atoms with Crippen LogP contribution in [0.2, 0.25) is 0 Å². The Bertz CT molecular complexity index is 795. The fraction of sp³-hybridized carbons (Fsp3) is 0.611. The molecular weight excluding hydrogens is 446 g/mol. The van der Waals surface area contributed by atoms with E-state index >= 15 is 0 Å². The van der Waals surface area contributed by atoms with Gasteiger partial charge in [-0.25, -0.2) is 4.79 Å². The van der Waals surface area contributed by atoms with Gasteiger partial charge in [0.25, 0.3) is 0 Å². The van der Waals surface area contributed by atoms with Gasteiger partial charge in [0.1, 0.15) is 18.1 Å². The smallest absolute Gasteiger partial charge is 0.326 e. The number of carboxylic acid groups (broad SMARTS) is 3. The molecule has 1 heterocycles. The van der Waals surface area contributed by atoms with Gasteiger partial charge >= 0.3 is 17.9 Å². The largest absolute Gasteiger partial charge is 0.481 e. The van der Waals surface area contributed by atoms with Gasteiger partial charge in [0.2, 0.25) is 23.6 Å². The van der Waals surface area contributed by atoms with Crippen molar-refractivity contribution >= 4 is 41.5 Å². The summed E-state index contributed by atoms with van der Waals surface area (Å²) in [6.45, 7) is 0.571. The molecule has 33 heavy (non-hydrogen) atoms. The Labute approximate surface area is 187 Å². The van der Waals surface area contributed by atoms with Gasteiger partial charge in [-0.1, -0.05) is 0 Å². The number of amides is 4. The first-order valence-electron chi connectivity index (χ1n) is 9.99. The highest BCUT2D eigenvalue weighted by Gasteiger charge is 2.33. The van der Waals surface area contributed by atoms with E-state index in [4.69, 9.17) is 21.1 Å². The van der Waals surface area contributed by atoms with Crippen molar-refractivity contribution in [3.63, 3.8) is 0 Å². The van der Waals surface area contributed by atoms with E-state index in [2.05, 4.69) is 16.0 Å². The quantitative estimate of drug-likeness (QED) is 0.123. The summed E-state index contributed by atoms with van der Waals surface area (Å²) in [5.74, 6) is -8.20. The highest BCUT2D eigenvalue weighted by atomic mass is 16.4. The molecule has 0 aromatic heterocycles. The van der Waals surface area contributed by atoms with E-state index < -0.39 is 91.4 Å². The highest BCUT2D eigenvalue weighted by Crippen LogP contribution is 2.07. The SMILES string of the molecule is NC(=O)CC(NC(=O)C(CC(=O)O)NC(=O)C1CCCN1)C(=O)NC(CCC(=O)O)C(=O)O. The van der Waals surface area contributed by atoms with Crippen LogP contribution in [0.25, 0.3) is 0 Å². The molecule has 0 aromatic rings.